The van der Waals surface area contributed by atoms with Crippen LogP contribution in [0, 0.1) is 0 Å². The van der Waals surface area contributed by atoms with E-state index in [4.69, 9.17) is 16.6 Å². The molecule has 108 valence electrons. The number of nitrogens with two attached hydrogens (primary N) is 2. The number of hydrogen-bond donors (Lipinski definition) is 4. The van der Waals surface area contributed by atoms with Gasteiger partial charge in [-0.05, 0) is 13.3 Å². The van der Waals surface area contributed by atoms with E-state index in [0.29, 0.717) is 0 Å². The summed E-state index contributed by atoms with van der Waals surface area (Å²) in [6.07, 6.45) is -0.288. The van der Waals surface area contributed by atoms with Gasteiger partial charge in [-0.2, -0.15) is 0 Å². The number of likely N-dealkylation sites (N-methyl/N-ethyl adjacent to an activating group) is 1. The fourth-order valence-corrected chi connectivity index (χ4v) is 1.30. The predicted octanol–water partition coefficient (Wildman–Crippen LogP) is -1.78. The zero-order valence-electron chi connectivity index (χ0n) is 10.6. The Morgan fingerprint density at radius 2 is 1.79 bits per heavy atom. The molecule has 0 aromatic heterocycles. The van der Waals surface area contributed by atoms with E-state index in [1.165, 1.54) is 0 Å². The number of nitrogens with zero attached hydrogens (tertiary/aromatic N) is 1. The lowest BCUT2D eigenvalue weighted by Crippen LogP contribution is -2.50. The molecule has 0 aliphatic carbocycles. The molecule has 0 unspecified atom stereocenters. The fourth-order valence-electron chi connectivity index (χ4n) is 1.30. The number of carbonyl (C=O) groups is 4. The van der Waals surface area contributed by atoms with Crippen molar-refractivity contribution in [2.45, 2.75) is 25.8 Å². The van der Waals surface area contributed by atoms with Gasteiger partial charge in [0.15, 0.2) is 0 Å². The van der Waals surface area contributed by atoms with Crippen molar-refractivity contribution < 1.29 is 24.3 Å². The number of amides is 4. The largest absolute Gasteiger partial charge is 0.480 e. The SMILES string of the molecule is CCN(CC(N)=O)C(=O)N[C@@H](CCC(N)=O)C(=O)O. The van der Waals surface area contributed by atoms with Crippen molar-refractivity contribution in [3.63, 3.8) is 0 Å². The fraction of sp³-hybridized carbons (Fsp3) is 0.600. The standard InChI is InChI=1S/C10H18N4O5/c1-2-14(5-8(12)16)10(19)13-6(9(17)18)3-4-7(11)15/h6H,2-5H2,1H3,(H2,11,15)(H2,12,16)(H,13,19)(H,17,18)/t6-/m0/s1. The van der Waals surface area contributed by atoms with E-state index in [9.17, 15) is 19.2 Å². The second-order valence-corrected chi connectivity index (χ2v) is 3.83. The van der Waals surface area contributed by atoms with E-state index >= 15 is 0 Å². The van der Waals surface area contributed by atoms with E-state index in [1.54, 1.807) is 6.92 Å². The number of primary amides is 2. The molecule has 0 heterocycles. The van der Waals surface area contributed by atoms with Gasteiger partial charge in [0, 0.05) is 13.0 Å². The number of carboxylic acid groups (broad SMARTS) is 1. The molecule has 0 aromatic rings. The van der Waals surface area contributed by atoms with Crippen molar-refractivity contribution in [3.05, 3.63) is 0 Å². The van der Waals surface area contributed by atoms with Crippen LogP contribution in [-0.4, -0.2) is 53.0 Å². The second-order valence-electron chi connectivity index (χ2n) is 3.83. The van der Waals surface area contributed by atoms with Crippen LogP contribution in [0.5, 0.6) is 0 Å². The van der Waals surface area contributed by atoms with Gasteiger partial charge in [0.2, 0.25) is 11.8 Å². The zero-order valence-corrected chi connectivity index (χ0v) is 10.6. The van der Waals surface area contributed by atoms with E-state index in [-0.39, 0.29) is 25.9 Å². The smallest absolute Gasteiger partial charge is 0.326 e. The average Bonchev–Trinajstić information content (AvgIpc) is 2.30. The van der Waals surface area contributed by atoms with E-state index in [2.05, 4.69) is 5.32 Å². The van der Waals surface area contributed by atoms with Crippen LogP contribution in [0.25, 0.3) is 0 Å². The highest BCUT2D eigenvalue weighted by Gasteiger charge is 2.23. The van der Waals surface area contributed by atoms with Gasteiger partial charge < -0.3 is 26.8 Å². The van der Waals surface area contributed by atoms with Crippen molar-refractivity contribution in [2.24, 2.45) is 11.5 Å². The summed E-state index contributed by atoms with van der Waals surface area (Å²) in [5.41, 5.74) is 9.87. The van der Waals surface area contributed by atoms with Crippen LogP contribution in [0.2, 0.25) is 0 Å². The molecule has 6 N–H and O–H groups in total. The third-order valence-electron chi connectivity index (χ3n) is 2.29. The lowest BCUT2D eigenvalue weighted by atomic mass is 10.1. The first-order valence-electron chi connectivity index (χ1n) is 5.62. The molecule has 0 saturated heterocycles. The highest BCUT2D eigenvalue weighted by Crippen LogP contribution is 1.99. The highest BCUT2D eigenvalue weighted by molar-refractivity contribution is 5.86. The Kier molecular flexibility index (Phi) is 6.94. The molecule has 1 atom stereocenters. The topological polar surface area (TPSA) is 156 Å². The summed E-state index contributed by atoms with van der Waals surface area (Å²) in [6.45, 7) is 1.49. The van der Waals surface area contributed by atoms with E-state index in [1.807, 2.05) is 0 Å². The minimum atomic E-state index is -1.29. The summed E-state index contributed by atoms with van der Waals surface area (Å²) < 4.78 is 0. The Morgan fingerprint density at radius 1 is 1.21 bits per heavy atom. The number of urea groups is 1. The van der Waals surface area contributed by atoms with Gasteiger partial charge in [-0.3, -0.25) is 9.59 Å². The first kappa shape index (κ1) is 16.7. The van der Waals surface area contributed by atoms with Crippen LogP contribution in [0.4, 0.5) is 4.79 Å². The molecule has 0 saturated carbocycles. The maximum atomic E-state index is 11.7. The molecule has 0 aromatic carbocycles. The minimum Gasteiger partial charge on any atom is -0.480 e. The number of aliphatic carboxylic acids is 1. The Labute approximate surface area is 109 Å². The van der Waals surface area contributed by atoms with Gasteiger partial charge in [-0.15, -0.1) is 0 Å². The predicted molar refractivity (Wildman–Crippen MR) is 64.8 cm³/mol. The Bertz CT molecular complexity index is 371. The lowest BCUT2D eigenvalue weighted by molar-refractivity contribution is -0.139. The molecule has 0 spiro atoms. The molecule has 0 radical (unpaired) electrons. The van der Waals surface area contributed by atoms with Crippen LogP contribution >= 0.6 is 0 Å². The van der Waals surface area contributed by atoms with Gasteiger partial charge in [0.25, 0.3) is 0 Å². The normalized spacial score (nSPS) is 11.4. The monoisotopic (exact) mass is 274 g/mol. The molecular weight excluding hydrogens is 256 g/mol. The zero-order chi connectivity index (χ0) is 15.0. The Hall–Kier alpha value is -2.32. The first-order valence-corrected chi connectivity index (χ1v) is 5.62. The van der Waals surface area contributed by atoms with Crippen LogP contribution < -0.4 is 16.8 Å². The summed E-state index contributed by atoms with van der Waals surface area (Å²) in [7, 11) is 0. The van der Waals surface area contributed by atoms with Crippen LogP contribution in [0.15, 0.2) is 0 Å². The molecule has 0 fully saturated rings. The highest BCUT2D eigenvalue weighted by atomic mass is 16.4. The van der Waals surface area contributed by atoms with E-state index < -0.39 is 29.9 Å². The molecule has 9 nitrogen and oxygen atoms in total. The molecule has 0 bridgehead atoms. The van der Waals surface area contributed by atoms with Gasteiger partial charge >= 0.3 is 12.0 Å². The molecule has 19 heavy (non-hydrogen) atoms. The molecule has 0 rings (SSSR count). The van der Waals surface area contributed by atoms with Crippen molar-refractivity contribution in [1.82, 2.24) is 10.2 Å². The Morgan fingerprint density at radius 3 is 2.16 bits per heavy atom. The number of carboxylic acids is 1. The number of hydrogen-bond acceptors (Lipinski definition) is 4. The number of nitrogens with one attached hydrogen (secondary N) is 1. The van der Waals surface area contributed by atoms with Crippen molar-refractivity contribution in [1.29, 1.82) is 0 Å². The van der Waals surface area contributed by atoms with Gasteiger partial charge in [-0.25, -0.2) is 9.59 Å². The van der Waals surface area contributed by atoms with Crippen LogP contribution in [-0.2, 0) is 14.4 Å². The maximum Gasteiger partial charge on any atom is 0.326 e. The van der Waals surface area contributed by atoms with Crippen molar-refractivity contribution in [3.8, 4) is 0 Å². The summed E-state index contributed by atoms with van der Waals surface area (Å²) in [4.78, 5) is 45.0. The maximum absolute atomic E-state index is 11.7. The molecular formula is C10H18N4O5. The van der Waals surface area contributed by atoms with Crippen molar-refractivity contribution >= 4 is 23.8 Å². The summed E-state index contributed by atoms with van der Waals surface area (Å²) in [5, 5.41) is 11.1. The lowest BCUT2D eigenvalue weighted by Gasteiger charge is -2.22. The van der Waals surface area contributed by atoms with E-state index in [0.717, 1.165) is 4.90 Å². The Balaban J connectivity index is 4.55. The molecule has 0 aliphatic heterocycles. The molecule has 0 aliphatic rings. The quantitative estimate of drug-likeness (QED) is 0.411. The van der Waals surface area contributed by atoms with Gasteiger partial charge in [0.05, 0.1) is 0 Å². The summed E-state index contributed by atoms with van der Waals surface area (Å²) in [5.74, 6) is -2.66. The van der Waals surface area contributed by atoms with Gasteiger partial charge in [0.1, 0.15) is 12.6 Å². The first-order chi connectivity index (χ1) is 8.77. The van der Waals surface area contributed by atoms with Crippen molar-refractivity contribution in [2.75, 3.05) is 13.1 Å². The molecule has 9 heteroatoms. The average molecular weight is 274 g/mol. The third kappa shape index (κ3) is 6.86. The minimum absolute atomic E-state index is 0.121. The van der Waals surface area contributed by atoms with Crippen LogP contribution in [0.3, 0.4) is 0 Å². The van der Waals surface area contributed by atoms with Gasteiger partial charge in [-0.1, -0.05) is 0 Å². The number of rotatable bonds is 8. The molecule has 4 amide bonds. The number of carbonyl (C=O) groups excluding carboxylic acids is 3. The van der Waals surface area contributed by atoms with Crippen LogP contribution in [0.1, 0.15) is 19.8 Å². The summed E-state index contributed by atoms with van der Waals surface area (Å²) in [6, 6.07) is -1.99. The third-order valence-corrected chi connectivity index (χ3v) is 2.29. The summed E-state index contributed by atoms with van der Waals surface area (Å²) >= 11 is 0. The second kappa shape index (κ2) is 7.90.